The Morgan fingerprint density at radius 2 is 1.80 bits per heavy atom. The predicted octanol–water partition coefficient (Wildman–Crippen LogP) is 0.735. The first-order valence-corrected chi connectivity index (χ1v) is 9.11. The molecule has 138 valence electrons. The van der Waals surface area contributed by atoms with Crippen molar-refractivity contribution < 1.29 is 20.1 Å². The molecule has 2 aliphatic heterocycles. The fourth-order valence-corrected chi connectivity index (χ4v) is 3.70. The van der Waals surface area contributed by atoms with Crippen LogP contribution in [0.4, 0.5) is 0 Å². The van der Waals surface area contributed by atoms with Crippen LogP contribution in [0, 0.1) is 0 Å². The molecule has 0 bridgehead atoms. The SMILES string of the molecule is O=C(c1ccc(Cl)cc1)N1CC[C@](O)(CN2CCC(O)CC2)[C@@H](O)C1. The highest BCUT2D eigenvalue weighted by Gasteiger charge is 2.43. The molecular weight excluding hydrogens is 344 g/mol. The van der Waals surface area contributed by atoms with Gasteiger partial charge in [0, 0.05) is 43.3 Å². The van der Waals surface area contributed by atoms with Crippen molar-refractivity contribution >= 4 is 17.5 Å². The smallest absolute Gasteiger partial charge is 0.253 e. The standard InChI is InChI=1S/C18H25ClN2O4/c19-14-3-1-13(2-4-14)17(24)21-10-7-18(25,16(23)11-21)12-20-8-5-15(22)6-9-20/h1-4,15-16,22-23,25H,5-12H2/t16-,18-/m0/s1. The molecular formula is C18H25ClN2O4. The second kappa shape index (κ2) is 7.60. The molecule has 25 heavy (non-hydrogen) atoms. The van der Waals surface area contributed by atoms with Gasteiger partial charge in [0.1, 0.15) is 11.7 Å². The number of carbonyl (C=O) groups excluding carboxylic acids is 1. The monoisotopic (exact) mass is 368 g/mol. The van der Waals surface area contributed by atoms with Gasteiger partial charge in [-0.05, 0) is 43.5 Å². The van der Waals surface area contributed by atoms with Crippen molar-refractivity contribution in [3.8, 4) is 0 Å². The maximum Gasteiger partial charge on any atom is 0.253 e. The number of aliphatic hydroxyl groups excluding tert-OH is 2. The Hall–Kier alpha value is -1.18. The zero-order chi connectivity index (χ0) is 18.0. The fourth-order valence-electron chi connectivity index (χ4n) is 3.57. The van der Waals surface area contributed by atoms with Crippen molar-refractivity contribution in [3.63, 3.8) is 0 Å². The number of halogens is 1. The number of benzene rings is 1. The van der Waals surface area contributed by atoms with E-state index in [-0.39, 0.29) is 18.6 Å². The van der Waals surface area contributed by atoms with E-state index in [9.17, 15) is 20.1 Å². The minimum atomic E-state index is -1.22. The average Bonchev–Trinajstić information content (AvgIpc) is 2.60. The Balaban J connectivity index is 1.59. The Morgan fingerprint density at radius 3 is 2.40 bits per heavy atom. The van der Waals surface area contributed by atoms with E-state index in [2.05, 4.69) is 4.90 Å². The van der Waals surface area contributed by atoms with Crippen LogP contribution < -0.4 is 0 Å². The largest absolute Gasteiger partial charge is 0.393 e. The van der Waals surface area contributed by atoms with Crippen molar-refractivity contribution in [1.82, 2.24) is 9.80 Å². The molecule has 7 heteroatoms. The summed E-state index contributed by atoms with van der Waals surface area (Å²) in [6.45, 7) is 2.29. The summed E-state index contributed by atoms with van der Waals surface area (Å²) in [4.78, 5) is 16.2. The Morgan fingerprint density at radius 1 is 1.16 bits per heavy atom. The topological polar surface area (TPSA) is 84.2 Å². The highest BCUT2D eigenvalue weighted by atomic mass is 35.5. The molecule has 0 unspecified atom stereocenters. The Bertz CT molecular complexity index is 604. The zero-order valence-electron chi connectivity index (χ0n) is 14.1. The second-order valence-corrected chi connectivity index (χ2v) is 7.57. The molecule has 0 saturated carbocycles. The zero-order valence-corrected chi connectivity index (χ0v) is 14.9. The summed E-state index contributed by atoms with van der Waals surface area (Å²) in [5.74, 6) is -0.168. The van der Waals surface area contributed by atoms with E-state index in [0.717, 1.165) is 0 Å². The lowest BCUT2D eigenvalue weighted by atomic mass is 9.87. The van der Waals surface area contributed by atoms with Crippen LogP contribution in [0.3, 0.4) is 0 Å². The number of rotatable bonds is 3. The van der Waals surface area contributed by atoms with Crippen LogP contribution in [0.15, 0.2) is 24.3 Å². The molecule has 0 aliphatic carbocycles. The van der Waals surface area contributed by atoms with Crippen molar-refractivity contribution in [1.29, 1.82) is 0 Å². The summed E-state index contributed by atoms with van der Waals surface area (Å²) in [7, 11) is 0. The minimum Gasteiger partial charge on any atom is -0.393 e. The number of piperidine rings is 2. The third kappa shape index (κ3) is 4.33. The van der Waals surface area contributed by atoms with Crippen LogP contribution in [0.5, 0.6) is 0 Å². The number of hydrogen-bond donors (Lipinski definition) is 3. The molecule has 2 fully saturated rings. The average molecular weight is 369 g/mol. The number of carbonyl (C=O) groups is 1. The summed E-state index contributed by atoms with van der Waals surface area (Å²) in [6.07, 6.45) is 0.437. The van der Waals surface area contributed by atoms with Gasteiger partial charge in [-0.1, -0.05) is 11.6 Å². The highest BCUT2D eigenvalue weighted by molar-refractivity contribution is 6.30. The van der Waals surface area contributed by atoms with Gasteiger partial charge in [-0.25, -0.2) is 0 Å². The maximum absolute atomic E-state index is 12.5. The number of likely N-dealkylation sites (tertiary alicyclic amines) is 2. The highest BCUT2D eigenvalue weighted by Crippen LogP contribution is 2.26. The third-order valence-electron chi connectivity index (χ3n) is 5.26. The number of β-amino-alcohol motifs (C(OH)–C–C–N with tert-alkyl or cyclic N) is 2. The summed E-state index contributed by atoms with van der Waals surface area (Å²) in [6, 6.07) is 6.65. The van der Waals surface area contributed by atoms with Gasteiger partial charge >= 0.3 is 0 Å². The lowest BCUT2D eigenvalue weighted by Gasteiger charge is -2.45. The van der Waals surface area contributed by atoms with E-state index in [1.165, 1.54) is 0 Å². The molecule has 1 aromatic carbocycles. The van der Waals surface area contributed by atoms with Gasteiger partial charge in [0.25, 0.3) is 5.91 Å². The maximum atomic E-state index is 12.5. The number of aliphatic hydroxyl groups is 3. The summed E-state index contributed by atoms with van der Waals surface area (Å²) in [5, 5.41) is 31.5. The van der Waals surface area contributed by atoms with Gasteiger partial charge < -0.3 is 25.1 Å². The number of amides is 1. The van der Waals surface area contributed by atoms with Crippen molar-refractivity contribution in [3.05, 3.63) is 34.9 Å². The molecule has 6 nitrogen and oxygen atoms in total. The molecule has 0 aromatic heterocycles. The molecule has 2 aliphatic rings. The first-order chi connectivity index (χ1) is 11.9. The van der Waals surface area contributed by atoms with Gasteiger partial charge in [-0.3, -0.25) is 4.79 Å². The van der Waals surface area contributed by atoms with Crippen LogP contribution in [-0.4, -0.2) is 81.6 Å². The normalized spacial score (nSPS) is 29.0. The Labute approximate surface area is 152 Å². The van der Waals surface area contributed by atoms with Gasteiger partial charge in [-0.15, -0.1) is 0 Å². The van der Waals surface area contributed by atoms with Crippen molar-refractivity contribution in [2.24, 2.45) is 0 Å². The van der Waals surface area contributed by atoms with Gasteiger partial charge in [-0.2, -0.15) is 0 Å². The first-order valence-electron chi connectivity index (χ1n) is 8.73. The van der Waals surface area contributed by atoms with Crippen LogP contribution in [0.2, 0.25) is 5.02 Å². The van der Waals surface area contributed by atoms with Gasteiger partial charge in [0.15, 0.2) is 0 Å². The summed E-state index contributed by atoms with van der Waals surface area (Å²) < 4.78 is 0. The molecule has 1 amide bonds. The van der Waals surface area contributed by atoms with Crippen LogP contribution in [0.25, 0.3) is 0 Å². The molecule has 2 heterocycles. The van der Waals surface area contributed by atoms with E-state index in [4.69, 9.17) is 11.6 Å². The van der Waals surface area contributed by atoms with E-state index >= 15 is 0 Å². The van der Waals surface area contributed by atoms with Crippen LogP contribution in [-0.2, 0) is 0 Å². The van der Waals surface area contributed by atoms with E-state index < -0.39 is 11.7 Å². The van der Waals surface area contributed by atoms with E-state index in [0.29, 0.717) is 56.0 Å². The van der Waals surface area contributed by atoms with Crippen LogP contribution in [0.1, 0.15) is 29.6 Å². The molecule has 1 aromatic rings. The summed E-state index contributed by atoms with van der Waals surface area (Å²) in [5.41, 5.74) is -0.703. The minimum absolute atomic E-state index is 0.106. The lowest BCUT2D eigenvalue weighted by molar-refractivity contribution is -0.128. The Kier molecular flexibility index (Phi) is 5.65. The molecule has 0 radical (unpaired) electrons. The predicted molar refractivity (Wildman–Crippen MR) is 94.6 cm³/mol. The van der Waals surface area contributed by atoms with Crippen LogP contribution >= 0.6 is 11.6 Å². The van der Waals surface area contributed by atoms with E-state index in [1.807, 2.05) is 0 Å². The third-order valence-corrected chi connectivity index (χ3v) is 5.51. The fraction of sp³-hybridized carbons (Fsp3) is 0.611. The van der Waals surface area contributed by atoms with E-state index in [1.54, 1.807) is 29.2 Å². The second-order valence-electron chi connectivity index (χ2n) is 7.13. The molecule has 3 N–H and O–H groups in total. The molecule has 2 atom stereocenters. The number of nitrogens with zero attached hydrogens (tertiary/aromatic N) is 2. The van der Waals surface area contributed by atoms with Gasteiger partial charge in [0.2, 0.25) is 0 Å². The summed E-state index contributed by atoms with van der Waals surface area (Å²) >= 11 is 5.85. The lowest BCUT2D eigenvalue weighted by Crippen LogP contribution is -2.61. The molecule has 2 saturated heterocycles. The molecule has 3 rings (SSSR count). The molecule has 0 spiro atoms. The first kappa shape index (κ1) is 18.6. The van der Waals surface area contributed by atoms with Crippen molar-refractivity contribution in [2.45, 2.75) is 37.1 Å². The van der Waals surface area contributed by atoms with Gasteiger partial charge in [0.05, 0.1) is 6.10 Å². The number of hydrogen-bond acceptors (Lipinski definition) is 5. The van der Waals surface area contributed by atoms with Crippen molar-refractivity contribution in [2.75, 3.05) is 32.7 Å². The quantitative estimate of drug-likeness (QED) is 0.732.